The normalized spacial score (nSPS) is 18.3. The lowest BCUT2D eigenvalue weighted by Crippen LogP contribution is -2.31. The Morgan fingerprint density at radius 1 is 0.868 bits per heavy atom. The maximum absolute atomic E-state index is 13.3. The summed E-state index contributed by atoms with van der Waals surface area (Å²) < 4.78 is 0. The molecule has 6 nitrogen and oxygen atoms in total. The minimum atomic E-state index is -0.0335. The number of rotatable bonds is 5. The predicted molar refractivity (Wildman–Crippen MR) is 154 cm³/mol. The molecule has 3 N–H and O–H groups in total. The number of nitrogens with zero attached hydrogens (tertiary/aromatic N) is 2. The number of phenols is 1. The SMILES string of the molecule is C[C@@H]1CN(C(=O)CCCC(=O)N2C[C@@H](CCl)c3c2cc(N)c2ccccc32)c2cc(O)c3ccccc3c21. The highest BCUT2D eigenvalue weighted by molar-refractivity contribution is 6.19. The molecule has 2 amide bonds. The van der Waals surface area contributed by atoms with Crippen LogP contribution in [0.15, 0.2) is 60.7 Å². The first kappa shape index (κ1) is 24.6. The summed E-state index contributed by atoms with van der Waals surface area (Å²) in [6.07, 6.45) is 0.953. The number of hydrogen-bond donors (Lipinski definition) is 2. The van der Waals surface area contributed by atoms with Crippen LogP contribution in [0.25, 0.3) is 21.5 Å². The fraction of sp³-hybridized carbons (Fsp3) is 0.290. The van der Waals surface area contributed by atoms with Crippen LogP contribution in [0.3, 0.4) is 0 Å². The van der Waals surface area contributed by atoms with Crippen molar-refractivity contribution in [2.45, 2.75) is 38.0 Å². The van der Waals surface area contributed by atoms with Gasteiger partial charge < -0.3 is 20.6 Å². The van der Waals surface area contributed by atoms with Gasteiger partial charge in [0.25, 0.3) is 0 Å². The summed E-state index contributed by atoms with van der Waals surface area (Å²) >= 11 is 6.33. The number of aromatic hydroxyl groups is 1. The van der Waals surface area contributed by atoms with E-state index in [1.54, 1.807) is 15.9 Å². The van der Waals surface area contributed by atoms with E-state index < -0.39 is 0 Å². The van der Waals surface area contributed by atoms with Gasteiger partial charge >= 0.3 is 0 Å². The third kappa shape index (κ3) is 3.86. The lowest BCUT2D eigenvalue weighted by atomic mass is 9.95. The minimum Gasteiger partial charge on any atom is -0.507 e. The lowest BCUT2D eigenvalue weighted by molar-refractivity contribution is -0.119. The summed E-state index contributed by atoms with van der Waals surface area (Å²) in [6.45, 7) is 3.19. The van der Waals surface area contributed by atoms with Crippen molar-refractivity contribution < 1.29 is 14.7 Å². The second-order valence-corrected chi connectivity index (χ2v) is 10.7. The van der Waals surface area contributed by atoms with Crippen LogP contribution in [0.1, 0.15) is 49.1 Å². The Balaban J connectivity index is 1.18. The number of nitrogen functional groups attached to an aromatic ring is 1. The van der Waals surface area contributed by atoms with E-state index in [2.05, 4.69) is 6.92 Å². The van der Waals surface area contributed by atoms with Crippen molar-refractivity contribution in [3.05, 3.63) is 71.8 Å². The molecule has 2 aliphatic rings. The van der Waals surface area contributed by atoms with Crippen molar-refractivity contribution in [3.63, 3.8) is 0 Å². The van der Waals surface area contributed by atoms with Crippen LogP contribution in [0.2, 0.25) is 0 Å². The largest absolute Gasteiger partial charge is 0.507 e. The number of phenolic OH excluding ortho intramolecular Hbond substituents is 1. The molecule has 4 aromatic carbocycles. The number of carbonyl (C=O) groups is 2. The Morgan fingerprint density at radius 2 is 1.42 bits per heavy atom. The van der Waals surface area contributed by atoms with Gasteiger partial charge in [0.1, 0.15) is 5.75 Å². The van der Waals surface area contributed by atoms with Crippen LogP contribution in [-0.2, 0) is 9.59 Å². The highest BCUT2D eigenvalue weighted by Crippen LogP contribution is 2.46. The van der Waals surface area contributed by atoms with Crippen LogP contribution in [0, 0.1) is 0 Å². The van der Waals surface area contributed by atoms with Crippen molar-refractivity contribution >= 4 is 62.0 Å². The van der Waals surface area contributed by atoms with Crippen LogP contribution >= 0.6 is 11.6 Å². The molecule has 0 unspecified atom stereocenters. The summed E-state index contributed by atoms with van der Waals surface area (Å²) in [5.74, 6) is 0.726. The summed E-state index contributed by atoms with van der Waals surface area (Å²) in [7, 11) is 0. The molecular weight excluding hydrogens is 498 g/mol. The standard InChI is InChI=1S/C31H30ClN3O3/c1-18-16-34(26-14-27(36)21-8-3-5-10-23(21)30(18)26)28(37)11-6-12-29(38)35-17-19(15-32)31-22-9-4-2-7-20(22)24(33)13-25(31)35/h2-5,7-10,13-14,18-19,36H,6,11-12,15-17,33H2,1H3/t18-,19-/m1/s1. The predicted octanol–water partition coefficient (Wildman–Crippen LogP) is 6.27. The number of alkyl halides is 1. The number of amides is 2. The smallest absolute Gasteiger partial charge is 0.227 e. The number of hydrogen-bond acceptors (Lipinski definition) is 4. The van der Waals surface area contributed by atoms with Crippen LogP contribution in [-0.4, -0.2) is 35.9 Å². The highest BCUT2D eigenvalue weighted by Gasteiger charge is 2.35. The Labute approximate surface area is 226 Å². The molecule has 2 atom stereocenters. The van der Waals surface area contributed by atoms with Crippen molar-refractivity contribution in [1.29, 1.82) is 0 Å². The van der Waals surface area contributed by atoms with Gasteiger partial charge in [0, 0.05) is 71.9 Å². The van der Waals surface area contributed by atoms with Crippen molar-refractivity contribution in [2.24, 2.45) is 0 Å². The van der Waals surface area contributed by atoms with Gasteiger partial charge in [-0.05, 0) is 34.4 Å². The first-order valence-corrected chi connectivity index (χ1v) is 13.6. The van der Waals surface area contributed by atoms with E-state index in [0.29, 0.717) is 31.1 Å². The maximum Gasteiger partial charge on any atom is 0.227 e. The highest BCUT2D eigenvalue weighted by atomic mass is 35.5. The van der Waals surface area contributed by atoms with Crippen LogP contribution in [0.5, 0.6) is 5.75 Å². The van der Waals surface area contributed by atoms with Gasteiger partial charge in [-0.1, -0.05) is 55.5 Å². The van der Waals surface area contributed by atoms with E-state index in [0.717, 1.165) is 44.0 Å². The second-order valence-electron chi connectivity index (χ2n) is 10.4. The molecule has 0 aromatic heterocycles. The maximum atomic E-state index is 13.3. The third-order valence-corrected chi connectivity index (χ3v) is 8.42. The number of anilines is 3. The van der Waals surface area contributed by atoms with Crippen molar-refractivity contribution in [1.82, 2.24) is 0 Å². The molecule has 0 saturated carbocycles. The van der Waals surface area contributed by atoms with Crippen molar-refractivity contribution in [2.75, 3.05) is 34.5 Å². The van der Waals surface area contributed by atoms with E-state index in [1.165, 1.54) is 0 Å². The summed E-state index contributed by atoms with van der Waals surface area (Å²) in [4.78, 5) is 30.2. The molecule has 7 heteroatoms. The zero-order chi connectivity index (χ0) is 26.6. The van der Waals surface area contributed by atoms with Gasteiger partial charge in [0.05, 0.1) is 5.69 Å². The van der Waals surface area contributed by atoms with Gasteiger partial charge in [0.15, 0.2) is 0 Å². The van der Waals surface area contributed by atoms with Crippen LogP contribution in [0.4, 0.5) is 17.1 Å². The van der Waals surface area contributed by atoms with Gasteiger partial charge in [-0.15, -0.1) is 11.6 Å². The molecule has 0 radical (unpaired) electrons. The molecule has 38 heavy (non-hydrogen) atoms. The van der Waals surface area contributed by atoms with E-state index >= 15 is 0 Å². The minimum absolute atomic E-state index is 0.0276. The Morgan fingerprint density at radius 3 is 2.08 bits per heavy atom. The Kier molecular flexibility index (Phi) is 6.15. The summed E-state index contributed by atoms with van der Waals surface area (Å²) in [5.41, 5.74) is 10.7. The fourth-order valence-electron chi connectivity index (χ4n) is 6.30. The molecule has 194 valence electrons. The van der Waals surface area contributed by atoms with E-state index in [1.807, 2.05) is 54.6 Å². The van der Waals surface area contributed by atoms with Gasteiger partial charge in [-0.3, -0.25) is 9.59 Å². The molecular formula is C31H30ClN3O3. The zero-order valence-corrected chi connectivity index (χ0v) is 22.0. The Hall–Kier alpha value is -3.77. The average Bonchev–Trinajstić information content (AvgIpc) is 3.46. The van der Waals surface area contributed by atoms with Gasteiger partial charge in [0.2, 0.25) is 11.8 Å². The second kappa shape index (κ2) is 9.52. The van der Waals surface area contributed by atoms with E-state index in [9.17, 15) is 14.7 Å². The van der Waals surface area contributed by atoms with Gasteiger partial charge in [-0.2, -0.15) is 0 Å². The molecule has 2 heterocycles. The topological polar surface area (TPSA) is 86.9 Å². The summed E-state index contributed by atoms with van der Waals surface area (Å²) in [5, 5.41) is 14.4. The molecule has 0 bridgehead atoms. The first-order valence-electron chi connectivity index (χ1n) is 13.1. The van der Waals surface area contributed by atoms with Crippen LogP contribution < -0.4 is 15.5 Å². The molecule has 6 rings (SSSR count). The quantitative estimate of drug-likeness (QED) is 0.236. The fourth-order valence-corrected chi connectivity index (χ4v) is 6.55. The number of fused-ring (bicyclic) bond motifs is 6. The number of benzene rings is 4. The first-order chi connectivity index (χ1) is 18.4. The average molecular weight is 528 g/mol. The summed E-state index contributed by atoms with van der Waals surface area (Å²) in [6, 6.07) is 19.3. The van der Waals surface area contributed by atoms with Crippen molar-refractivity contribution in [3.8, 4) is 5.75 Å². The molecule has 0 saturated heterocycles. The van der Waals surface area contributed by atoms with Gasteiger partial charge in [-0.25, -0.2) is 0 Å². The molecule has 4 aromatic rings. The number of carbonyl (C=O) groups excluding carboxylic acids is 2. The molecule has 2 aliphatic heterocycles. The molecule has 0 spiro atoms. The Bertz CT molecular complexity index is 1600. The third-order valence-electron chi connectivity index (χ3n) is 8.05. The monoisotopic (exact) mass is 527 g/mol. The van der Waals surface area contributed by atoms with E-state index in [-0.39, 0.29) is 42.2 Å². The molecule has 0 fully saturated rings. The lowest BCUT2D eigenvalue weighted by Gasteiger charge is -2.20. The number of nitrogens with two attached hydrogens (primary N) is 1. The van der Waals surface area contributed by atoms with E-state index in [4.69, 9.17) is 17.3 Å². The zero-order valence-electron chi connectivity index (χ0n) is 21.3. The number of halogens is 1. The molecule has 0 aliphatic carbocycles.